The Balaban J connectivity index is 1.22. The molecule has 0 bridgehead atoms. The van der Waals surface area contributed by atoms with Gasteiger partial charge in [0.1, 0.15) is 0 Å². The summed E-state index contributed by atoms with van der Waals surface area (Å²) < 4.78 is 49.1. The normalized spacial score (nSPS) is 11.8. The van der Waals surface area contributed by atoms with Crippen LogP contribution in [-0.2, 0) is 6.18 Å². The zero-order chi connectivity index (χ0) is 44.6. The van der Waals surface area contributed by atoms with Gasteiger partial charge in [0, 0.05) is 32.7 Å². The Hall–Kier alpha value is -8.14. The van der Waals surface area contributed by atoms with E-state index < -0.39 is 11.7 Å². The predicted octanol–water partition coefficient (Wildman–Crippen LogP) is 16.4. The van der Waals surface area contributed by atoms with Gasteiger partial charge in [0.25, 0.3) is 0 Å². The van der Waals surface area contributed by atoms with Crippen molar-refractivity contribution >= 4 is 43.6 Å². The maximum Gasteiger partial charge on any atom is 0.417 e. The minimum atomic E-state index is -4.57. The van der Waals surface area contributed by atoms with Crippen molar-refractivity contribution in [1.82, 2.24) is 9.13 Å². The fourth-order valence-corrected chi connectivity index (χ4v) is 9.72. The third-order valence-electron chi connectivity index (χ3n) is 12.9. The van der Waals surface area contributed by atoms with E-state index in [9.17, 15) is 18.4 Å². The summed E-state index contributed by atoms with van der Waals surface area (Å²) in [4.78, 5) is 0. The molecule has 0 aliphatic heterocycles. The minimum Gasteiger partial charge on any atom is -0.309 e. The van der Waals surface area contributed by atoms with Gasteiger partial charge in [0.15, 0.2) is 0 Å². The Bertz CT molecular complexity index is 3730. The molecule has 0 aliphatic carbocycles. The molecule has 11 rings (SSSR count). The molecule has 0 fully saturated rings. The number of fused-ring (bicyclic) bond motifs is 6. The first kappa shape index (κ1) is 39.7. The molecule has 0 N–H and O–H groups in total. The number of aryl methyl sites for hydroxylation is 3. The van der Waals surface area contributed by atoms with Gasteiger partial charge in [-0.3, -0.25) is 0 Å². The molecule has 0 spiro atoms. The molecule has 0 unspecified atom stereocenters. The maximum atomic E-state index is 14.9. The summed E-state index contributed by atoms with van der Waals surface area (Å²) in [5, 5.41) is 14.6. The van der Waals surface area contributed by atoms with Crippen LogP contribution in [0.25, 0.3) is 99.5 Å². The highest BCUT2D eigenvalue weighted by atomic mass is 19.4. The number of benzene rings is 9. The van der Waals surface area contributed by atoms with Crippen LogP contribution in [0.2, 0.25) is 0 Å². The molecule has 0 radical (unpaired) electrons. The second kappa shape index (κ2) is 15.3. The van der Waals surface area contributed by atoms with Gasteiger partial charge in [-0.1, -0.05) is 139 Å². The molecule has 9 aromatic carbocycles. The van der Waals surface area contributed by atoms with Gasteiger partial charge in [-0.15, -0.1) is 0 Å². The maximum absolute atomic E-state index is 14.9. The molecule has 3 nitrogen and oxygen atoms in total. The summed E-state index contributed by atoms with van der Waals surface area (Å²) in [6, 6.07) is 64.6. The predicted molar refractivity (Wildman–Crippen MR) is 261 cm³/mol. The van der Waals surface area contributed by atoms with Gasteiger partial charge >= 0.3 is 6.18 Å². The van der Waals surface area contributed by atoms with Crippen molar-refractivity contribution in [2.75, 3.05) is 0 Å². The molecule has 312 valence electrons. The SMILES string of the molecule is Cc1ccc(-c2ccc3c(c2)c2ccccc2n3-c2cc(C#N)ccc2-c2ccc(-c3c(C)cccc3C(F)(F)F)cc2-n2c3ccccc3c3cc(-c4ccc(C)cc4)ccc32)cc1. The van der Waals surface area contributed by atoms with Crippen molar-refractivity contribution in [3.63, 3.8) is 0 Å². The fraction of sp³-hybridized carbons (Fsp3) is 0.0678. The van der Waals surface area contributed by atoms with Gasteiger partial charge in [-0.25, -0.2) is 0 Å². The van der Waals surface area contributed by atoms with E-state index in [1.165, 1.54) is 17.2 Å². The Labute approximate surface area is 374 Å². The first-order valence-corrected chi connectivity index (χ1v) is 21.6. The van der Waals surface area contributed by atoms with Crippen molar-refractivity contribution in [3.8, 4) is 62.0 Å². The van der Waals surface area contributed by atoms with E-state index in [-0.39, 0.29) is 5.56 Å². The lowest BCUT2D eigenvalue weighted by Crippen LogP contribution is -2.08. The summed E-state index contributed by atoms with van der Waals surface area (Å²) in [6.45, 7) is 5.89. The number of nitrogens with zero attached hydrogens (tertiary/aromatic N) is 3. The summed E-state index contributed by atoms with van der Waals surface area (Å²) in [5.74, 6) is 0. The molecule has 2 aromatic heterocycles. The van der Waals surface area contributed by atoms with Gasteiger partial charge in [-0.2, -0.15) is 18.4 Å². The highest BCUT2D eigenvalue weighted by Crippen LogP contribution is 2.46. The molecule has 2 heterocycles. The molecule has 6 heteroatoms. The fourth-order valence-electron chi connectivity index (χ4n) is 9.72. The monoisotopic (exact) mass is 847 g/mol. The summed E-state index contributed by atoms with van der Waals surface area (Å²) in [6.07, 6.45) is -4.57. The third kappa shape index (κ3) is 6.67. The van der Waals surface area contributed by atoms with E-state index in [2.05, 4.69) is 138 Å². The van der Waals surface area contributed by atoms with E-state index >= 15 is 0 Å². The Morgan fingerprint density at radius 3 is 1.40 bits per heavy atom. The lowest BCUT2D eigenvalue weighted by atomic mass is 9.91. The van der Waals surface area contributed by atoms with Gasteiger partial charge in [-0.05, 0) is 120 Å². The van der Waals surface area contributed by atoms with Crippen molar-refractivity contribution in [2.45, 2.75) is 26.9 Å². The molecular formula is C59H40F3N3. The Kier molecular flexibility index (Phi) is 9.34. The van der Waals surface area contributed by atoms with Crippen LogP contribution in [0.15, 0.2) is 188 Å². The van der Waals surface area contributed by atoms with Crippen molar-refractivity contribution in [2.24, 2.45) is 0 Å². The van der Waals surface area contributed by atoms with Crippen molar-refractivity contribution in [1.29, 1.82) is 5.26 Å². The number of hydrogen-bond acceptors (Lipinski definition) is 1. The lowest BCUT2D eigenvalue weighted by molar-refractivity contribution is -0.137. The van der Waals surface area contributed by atoms with Crippen LogP contribution in [0.5, 0.6) is 0 Å². The van der Waals surface area contributed by atoms with E-state index in [1.807, 2.05) is 60.7 Å². The van der Waals surface area contributed by atoms with E-state index in [1.54, 1.807) is 13.0 Å². The number of para-hydroxylation sites is 2. The molecule has 0 saturated heterocycles. The number of alkyl halides is 3. The summed E-state index contributed by atoms with van der Waals surface area (Å²) >= 11 is 0. The zero-order valence-electron chi connectivity index (χ0n) is 35.9. The van der Waals surface area contributed by atoms with Crippen LogP contribution in [0.1, 0.15) is 27.8 Å². The minimum absolute atomic E-state index is 0.141. The lowest BCUT2D eigenvalue weighted by Gasteiger charge is -2.21. The largest absolute Gasteiger partial charge is 0.417 e. The first-order valence-electron chi connectivity index (χ1n) is 21.6. The van der Waals surface area contributed by atoms with Crippen LogP contribution in [-0.4, -0.2) is 9.13 Å². The summed E-state index contributed by atoms with van der Waals surface area (Å²) in [5.41, 5.74) is 14.5. The molecule has 0 amide bonds. The topological polar surface area (TPSA) is 33.6 Å². The number of aromatic nitrogens is 2. The van der Waals surface area contributed by atoms with Gasteiger partial charge in [0.2, 0.25) is 0 Å². The van der Waals surface area contributed by atoms with Crippen LogP contribution in [0.4, 0.5) is 13.2 Å². The molecule has 0 atom stereocenters. The summed E-state index contributed by atoms with van der Waals surface area (Å²) in [7, 11) is 0. The van der Waals surface area contributed by atoms with Crippen LogP contribution < -0.4 is 0 Å². The van der Waals surface area contributed by atoms with Crippen LogP contribution >= 0.6 is 0 Å². The third-order valence-corrected chi connectivity index (χ3v) is 12.9. The van der Waals surface area contributed by atoms with Gasteiger partial charge < -0.3 is 9.13 Å². The quantitative estimate of drug-likeness (QED) is 0.164. The van der Waals surface area contributed by atoms with Crippen LogP contribution in [0, 0.1) is 32.1 Å². The van der Waals surface area contributed by atoms with Gasteiger partial charge in [0.05, 0.1) is 50.6 Å². The zero-order valence-corrected chi connectivity index (χ0v) is 35.9. The van der Waals surface area contributed by atoms with E-state index in [0.717, 1.165) is 88.7 Å². The molecular weight excluding hydrogens is 808 g/mol. The molecule has 0 saturated carbocycles. The Morgan fingerprint density at radius 2 is 0.877 bits per heavy atom. The number of nitriles is 1. The first-order chi connectivity index (χ1) is 31.6. The smallest absolute Gasteiger partial charge is 0.309 e. The highest BCUT2D eigenvalue weighted by molar-refractivity contribution is 6.13. The average molecular weight is 848 g/mol. The second-order valence-corrected chi connectivity index (χ2v) is 17.0. The number of halogens is 3. The van der Waals surface area contributed by atoms with Crippen molar-refractivity contribution in [3.05, 3.63) is 216 Å². The van der Waals surface area contributed by atoms with E-state index in [4.69, 9.17) is 0 Å². The number of hydrogen-bond donors (Lipinski definition) is 0. The average Bonchev–Trinajstić information content (AvgIpc) is 3.83. The second-order valence-electron chi connectivity index (χ2n) is 17.0. The molecule has 65 heavy (non-hydrogen) atoms. The standard InChI is InChI=1S/C59H40F3N3/c1-36-15-20-40(21-16-36)42-25-29-54-49(32-42)45-10-4-6-13-52(45)64(54)56-31-39(35-63)19-27-47(56)48-28-24-44(58-38(3)9-8-12-51(58)59(60,61)62)34-57(48)65-53-14-7-5-11-46(53)50-33-43(26-30-55(50)65)41-22-17-37(2)18-23-41/h4-34H,1-3H3. The van der Waals surface area contributed by atoms with E-state index in [0.29, 0.717) is 22.4 Å². The molecule has 0 aliphatic rings. The highest BCUT2D eigenvalue weighted by Gasteiger charge is 2.34. The number of rotatable bonds is 6. The Morgan fingerprint density at radius 1 is 0.415 bits per heavy atom. The molecule has 11 aromatic rings. The van der Waals surface area contributed by atoms with Crippen molar-refractivity contribution < 1.29 is 13.2 Å². The van der Waals surface area contributed by atoms with Crippen LogP contribution in [0.3, 0.4) is 0 Å².